The molecule has 1 amide bonds. The molecule has 0 radical (unpaired) electrons. The lowest BCUT2D eigenvalue weighted by molar-refractivity contribution is 0.0614. The number of rotatable bonds is 5. The molecule has 21 heavy (non-hydrogen) atoms. The molecule has 1 aliphatic rings. The fourth-order valence-corrected chi connectivity index (χ4v) is 2.47. The fraction of sp³-hybridized carbons (Fsp3) is 0.533. The highest BCUT2D eigenvalue weighted by Crippen LogP contribution is 2.14. The normalized spacial score (nSPS) is 16.2. The molecule has 0 saturated carbocycles. The maximum absolute atomic E-state index is 13.6. The minimum absolute atomic E-state index is 0.0870. The van der Waals surface area contributed by atoms with Crippen molar-refractivity contribution < 1.29 is 19.0 Å². The maximum Gasteiger partial charge on any atom is 0.253 e. The molecular weight excluding hydrogens is 275 g/mol. The van der Waals surface area contributed by atoms with E-state index in [1.807, 2.05) is 0 Å². The van der Waals surface area contributed by atoms with Crippen LogP contribution in [0.5, 0.6) is 0 Å². The number of methoxy groups -OCH3 is 1. The van der Waals surface area contributed by atoms with Crippen LogP contribution < -0.4 is 0 Å². The second-order valence-corrected chi connectivity index (χ2v) is 5.10. The summed E-state index contributed by atoms with van der Waals surface area (Å²) in [5.41, 5.74) is 0.876. The Morgan fingerprint density at radius 1 is 1.33 bits per heavy atom. The van der Waals surface area contributed by atoms with E-state index < -0.39 is 0 Å². The van der Waals surface area contributed by atoms with Crippen molar-refractivity contribution in [3.63, 3.8) is 0 Å². The van der Waals surface area contributed by atoms with Crippen molar-refractivity contribution >= 4 is 5.91 Å². The lowest BCUT2D eigenvalue weighted by atomic mass is 10.1. The minimum atomic E-state index is -0.360. The van der Waals surface area contributed by atoms with Crippen molar-refractivity contribution in [1.29, 1.82) is 0 Å². The quantitative estimate of drug-likeness (QED) is 0.870. The SMILES string of the molecule is COCc1cc(C(=O)N2CCN(CCO)CC2)ccc1F. The van der Waals surface area contributed by atoms with Gasteiger partial charge < -0.3 is 14.7 Å². The van der Waals surface area contributed by atoms with Crippen LogP contribution in [0.4, 0.5) is 4.39 Å². The van der Waals surface area contributed by atoms with Gasteiger partial charge in [-0.2, -0.15) is 0 Å². The summed E-state index contributed by atoms with van der Waals surface area (Å²) in [6, 6.07) is 4.38. The van der Waals surface area contributed by atoms with Gasteiger partial charge in [-0.3, -0.25) is 9.69 Å². The van der Waals surface area contributed by atoms with Crippen molar-refractivity contribution in [3.8, 4) is 0 Å². The summed E-state index contributed by atoms with van der Waals surface area (Å²) in [6.45, 7) is 3.66. The largest absolute Gasteiger partial charge is 0.395 e. The summed E-state index contributed by atoms with van der Waals surface area (Å²) in [6.07, 6.45) is 0. The van der Waals surface area contributed by atoms with E-state index in [0.717, 1.165) is 13.1 Å². The van der Waals surface area contributed by atoms with Crippen LogP contribution in [0, 0.1) is 5.82 Å². The standard InChI is InChI=1S/C15H21FN2O3/c1-21-11-13-10-12(2-3-14(13)16)15(20)18-6-4-17(5-7-18)8-9-19/h2-3,10,19H,4-9,11H2,1H3. The van der Waals surface area contributed by atoms with E-state index in [1.54, 1.807) is 11.0 Å². The van der Waals surface area contributed by atoms with Gasteiger partial charge in [-0.05, 0) is 18.2 Å². The van der Waals surface area contributed by atoms with Gasteiger partial charge in [-0.25, -0.2) is 4.39 Å². The summed E-state index contributed by atoms with van der Waals surface area (Å²) in [7, 11) is 1.49. The summed E-state index contributed by atoms with van der Waals surface area (Å²) in [5, 5.41) is 8.91. The van der Waals surface area contributed by atoms with Crippen molar-refractivity contribution in [2.45, 2.75) is 6.61 Å². The summed E-state index contributed by atoms with van der Waals surface area (Å²) in [4.78, 5) is 16.3. The maximum atomic E-state index is 13.6. The number of β-amino-alcohol motifs (C(OH)–C–C–N with tert-alkyl or cyclic N) is 1. The topological polar surface area (TPSA) is 53.0 Å². The molecule has 1 aromatic carbocycles. The Hall–Kier alpha value is -1.50. The van der Waals surface area contributed by atoms with Crippen LogP contribution in [0.25, 0.3) is 0 Å². The molecule has 1 saturated heterocycles. The third-order valence-corrected chi connectivity index (χ3v) is 3.67. The molecule has 6 heteroatoms. The molecule has 1 N–H and O–H groups in total. The van der Waals surface area contributed by atoms with Crippen LogP contribution in [0.3, 0.4) is 0 Å². The van der Waals surface area contributed by atoms with Gasteiger partial charge in [-0.15, -0.1) is 0 Å². The number of ether oxygens (including phenoxy) is 1. The van der Waals surface area contributed by atoms with Crippen LogP contribution in [0.2, 0.25) is 0 Å². The Bertz CT molecular complexity index is 488. The Morgan fingerprint density at radius 3 is 2.67 bits per heavy atom. The van der Waals surface area contributed by atoms with Crippen LogP contribution in [0.15, 0.2) is 18.2 Å². The molecule has 0 bridgehead atoms. The van der Waals surface area contributed by atoms with E-state index in [1.165, 1.54) is 19.2 Å². The zero-order valence-corrected chi connectivity index (χ0v) is 12.2. The smallest absolute Gasteiger partial charge is 0.253 e. The predicted molar refractivity (Wildman–Crippen MR) is 76.5 cm³/mol. The number of carbonyl (C=O) groups excluding carboxylic acids is 1. The molecule has 0 spiro atoms. The number of hydrogen-bond donors (Lipinski definition) is 1. The van der Waals surface area contributed by atoms with Gasteiger partial charge >= 0.3 is 0 Å². The first-order chi connectivity index (χ1) is 10.2. The van der Waals surface area contributed by atoms with E-state index in [9.17, 15) is 9.18 Å². The van der Waals surface area contributed by atoms with Crippen molar-refractivity contribution in [2.24, 2.45) is 0 Å². The van der Waals surface area contributed by atoms with Crippen molar-refractivity contribution in [2.75, 3.05) is 46.4 Å². The minimum Gasteiger partial charge on any atom is -0.395 e. The number of amides is 1. The number of aliphatic hydroxyl groups is 1. The van der Waals surface area contributed by atoms with Gasteiger partial charge in [0.15, 0.2) is 0 Å². The summed E-state index contributed by atoms with van der Waals surface area (Å²) in [5.74, 6) is -0.447. The first kappa shape index (κ1) is 15.9. The second kappa shape index (κ2) is 7.49. The van der Waals surface area contributed by atoms with E-state index >= 15 is 0 Å². The van der Waals surface area contributed by atoms with E-state index in [2.05, 4.69) is 4.90 Å². The number of benzene rings is 1. The Balaban J connectivity index is 2.02. The van der Waals surface area contributed by atoms with Gasteiger partial charge in [0.05, 0.1) is 13.2 Å². The molecule has 116 valence electrons. The van der Waals surface area contributed by atoms with Crippen LogP contribution >= 0.6 is 0 Å². The summed E-state index contributed by atoms with van der Waals surface area (Å²) >= 11 is 0. The van der Waals surface area contributed by atoms with Gasteiger partial charge in [0.1, 0.15) is 5.82 Å². The highest BCUT2D eigenvalue weighted by atomic mass is 19.1. The van der Waals surface area contributed by atoms with Crippen LogP contribution in [-0.2, 0) is 11.3 Å². The third kappa shape index (κ3) is 4.00. The monoisotopic (exact) mass is 296 g/mol. The lowest BCUT2D eigenvalue weighted by Crippen LogP contribution is -2.49. The fourth-order valence-electron chi connectivity index (χ4n) is 2.47. The average molecular weight is 296 g/mol. The zero-order valence-electron chi connectivity index (χ0n) is 12.2. The first-order valence-corrected chi connectivity index (χ1v) is 7.05. The molecule has 2 rings (SSSR count). The summed E-state index contributed by atoms with van der Waals surface area (Å²) < 4.78 is 18.5. The van der Waals surface area contributed by atoms with Gasteiger partial charge in [0.2, 0.25) is 0 Å². The molecule has 1 heterocycles. The van der Waals surface area contributed by atoms with Gasteiger partial charge in [-0.1, -0.05) is 0 Å². The highest BCUT2D eigenvalue weighted by molar-refractivity contribution is 5.94. The molecule has 1 aromatic rings. The van der Waals surface area contributed by atoms with Gasteiger partial charge in [0, 0.05) is 51.0 Å². The van der Waals surface area contributed by atoms with Crippen LogP contribution in [0.1, 0.15) is 15.9 Å². The first-order valence-electron chi connectivity index (χ1n) is 7.05. The lowest BCUT2D eigenvalue weighted by Gasteiger charge is -2.34. The Morgan fingerprint density at radius 2 is 2.05 bits per heavy atom. The van der Waals surface area contributed by atoms with Crippen molar-refractivity contribution in [1.82, 2.24) is 9.80 Å². The Kier molecular flexibility index (Phi) is 5.67. The van der Waals surface area contributed by atoms with E-state index in [-0.39, 0.29) is 24.9 Å². The molecular formula is C15H21FN2O3. The zero-order chi connectivity index (χ0) is 15.2. The number of piperazine rings is 1. The second-order valence-electron chi connectivity index (χ2n) is 5.10. The number of aliphatic hydroxyl groups excluding tert-OH is 1. The van der Waals surface area contributed by atoms with E-state index in [0.29, 0.717) is 30.8 Å². The number of hydrogen-bond acceptors (Lipinski definition) is 4. The molecule has 0 aliphatic carbocycles. The Labute approximate surface area is 123 Å². The predicted octanol–water partition coefficient (Wildman–Crippen LogP) is 0.722. The van der Waals surface area contributed by atoms with Crippen molar-refractivity contribution in [3.05, 3.63) is 35.1 Å². The molecule has 5 nitrogen and oxygen atoms in total. The molecule has 0 aromatic heterocycles. The number of nitrogens with zero attached hydrogens (tertiary/aromatic N) is 2. The average Bonchev–Trinajstić information content (AvgIpc) is 2.50. The highest BCUT2D eigenvalue weighted by Gasteiger charge is 2.22. The van der Waals surface area contributed by atoms with Gasteiger partial charge in [0.25, 0.3) is 5.91 Å². The molecule has 0 atom stereocenters. The third-order valence-electron chi connectivity index (χ3n) is 3.67. The van der Waals surface area contributed by atoms with Crippen LogP contribution in [-0.4, -0.2) is 67.3 Å². The molecule has 0 unspecified atom stereocenters. The number of carbonyl (C=O) groups is 1. The number of halogens is 1. The molecule has 1 fully saturated rings. The molecule has 1 aliphatic heterocycles. The van der Waals surface area contributed by atoms with E-state index in [4.69, 9.17) is 9.84 Å².